The predicted octanol–water partition coefficient (Wildman–Crippen LogP) is 3.58. The van der Waals surface area contributed by atoms with Gasteiger partial charge >= 0.3 is 0 Å². The molecule has 0 saturated heterocycles. The Balaban J connectivity index is 0.00000264. The van der Waals surface area contributed by atoms with E-state index in [0.29, 0.717) is 12.1 Å². The predicted molar refractivity (Wildman–Crippen MR) is 98.9 cm³/mol. The molecule has 2 aromatic rings. The first-order valence-corrected chi connectivity index (χ1v) is 7.63. The van der Waals surface area contributed by atoms with E-state index in [1.54, 1.807) is 0 Å². The fourth-order valence-corrected chi connectivity index (χ4v) is 2.23. The average Bonchev–Trinajstić information content (AvgIpc) is 2.54. The van der Waals surface area contributed by atoms with Crippen LogP contribution >= 0.6 is 12.4 Å². The second-order valence-corrected chi connectivity index (χ2v) is 5.21. The molecule has 0 aliphatic carbocycles. The minimum atomic E-state index is -0.0659. The Labute approximate surface area is 144 Å². The number of hydrogen-bond acceptors (Lipinski definition) is 3. The summed E-state index contributed by atoms with van der Waals surface area (Å²) < 4.78 is 0. The van der Waals surface area contributed by atoms with Gasteiger partial charge < -0.3 is 16.0 Å². The van der Waals surface area contributed by atoms with Crippen molar-refractivity contribution in [2.24, 2.45) is 0 Å². The van der Waals surface area contributed by atoms with Crippen LogP contribution in [0.5, 0.6) is 0 Å². The molecule has 2 aromatic carbocycles. The van der Waals surface area contributed by atoms with Gasteiger partial charge in [0.25, 0.3) is 5.91 Å². The van der Waals surface area contributed by atoms with E-state index in [1.807, 2.05) is 54.6 Å². The summed E-state index contributed by atoms with van der Waals surface area (Å²) in [6.07, 6.45) is 0. The number of rotatable bonds is 7. The van der Waals surface area contributed by atoms with Gasteiger partial charge in [0.1, 0.15) is 0 Å². The van der Waals surface area contributed by atoms with Gasteiger partial charge in [-0.15, -0.1) is 12.4 Å². The molecular formula is C18H24ClN3O. The van der Waals surface area contributed by atoms with Crippen molar-refractivity contribution in [1.29, 1.82) is 0 Å². The van der Waals surface area contributed by atoms with E-state index in [9.17, 15) is 4.79 Å². The summed E-state index contributed by atoms with van der Waals surface area (Å²) in [5, 5.41) is 9.53. The third kappa shape index (κ3) is 5.93. The minimum absolute atomic E-state index is 0. The summed E-state index contributed by atoms with van der Waals surface area (Å²) in [5.74, 6) is -0.0659. The summed E-state index contributed by atoms with van der Waals surface area (Å²) in [4.78, 5) is 12.4. The van der Waals surface area contributed by atoms with Gasteiger partial charge in [0.05, 0.1) is 11.3 Å². The maximum Gasteiger partial charge on any atom is 0.253 e. The number of carbonyl (C=O) groups excluding carboxylic acids is 1. The van der Waals surface area contributed by atoms with Crippen molar-refractivity contribution in [2.45, 2.75) is 19.9 Å². The van der Waals surface area contributed by atoms with Gasteiger partial charge in [-0.2, -0.15) is 0 Å². The second-order valence-electron chi connectivity index (χ2n) is 5.21. The molecule has 0 radical (unpaired) electrons. The van der Waals surface area contributed by atoms with Crippen LogP contribution in [0, 0.1) is 0 Å². The Hall–Kier alpha value is -2.04. The van der Waals surface area contributed by atoms with Crippen molar-refractivity contribution in [3.05, 3.63) is 60.2 Å². The molecule has 0 fully saturated rings. The molecule has 1 atom stereocenters. The zero-order valence-electron chi connectivity index (χ0n) is 13.5. The number of anilines is 2. The second kappa shape index (κ2) is 9.87. The molecule has 23 heavy (non-hydrogen) atoms. The van der Waals surface area contributed by atoms with Crippen molar-refractivity contribution in [1.82, 2.24) is 10.6 Å². The lowest BCUT2D eigenvalue weighted by Crippen LogP contribution is -2.38. The highest BCUT2D eigenvalue weighted by molar-refractivity contribution is 6.00. The molecule has 0 aliphatic rings. The van der Waals surface area contributed by atoms with Gasteiger partial charge in [0, 0.05) is 18.3 Å². The zero-order valence-corrected chi connectivity index (χ0v) is 14.3. The van der Waals surface area contributed by atoms with Crippen LogP contribution in [0.25, 0.3) is 0 Å². The van der Waals surface area contributed by atoms with Gasteiger partial charge in [0.2, 0.25) is 0 Å². The van der Waals surface area contributed by atoms with E-state index in [-0.39, 0.29) is 24.4 Å². The lowest BCUT2D eigenvalue weighted by atomic mass is 10.1. The van der Waals surface area contributed by atoms with Gasteiger partial charge in [0.15, 0.2) is 0 Å². The zero-order chi connectivity index (χ0) is 15.8. The molecule has 124 valence electrons. The van der Waals surface area contributed by atoms with E-state index in [1.165, 1.54) is 0 Å². The van der Waals surface area contributed by atoms with Crippen LogP contribution in [0.1, 0.15) is 24.2 Å². The van der Waals surface area contributed by atoms with E-state index in [0.717, 1.165) is 17.9 Å². The topological polar surface area (TPSA) is 53.2 Å². The maximum atomic E-state index is 12.4. The molecule has 0 bridgehead atoms. The SMILES string of the molecule is CCN[C@H](C)CNC(=O)c1ccccc1Nc1ccccc1.Cl. The summed E-state index contributed by atoms with van der Waals surface area (Å²) in [7, 11) is 0. The van der Waals surface area contributed by atoms with Crippen LogP contribution in [0.15, 0.2) is 54.6 Å². The summed E-state index contributed by atoms with van der Waals surface area (Å²) in [5.41, 5.74) is 2.42. The fourth-order valence-electron chi connectivity index (χ4n) is 2.23. The number of halogens is 1. The highest BCUT2D eigenvalue weighted by Gasteiger charge is 2.11. The molecule has 0 unspecified atom stereocenters. The van der Waals surface area contributed by atoms with Crippen LogP contribution in [0.3, 0.4) is 0 Å². The molecule has 4 nitrogen and oxygen atoms in total. The molecule has 0 aromatic heterocycles. The van der Waals surface area contributed by atoms with Crippen molar-refractivity contribution in [3.8, 4) is 0 Å². The molecule has 0 spiro atoms. The minimum Gasteiger partial charge on any atom is -0.355 e. The van der Waals surface area contributed by atoms with E-state index in [2.05, 4.69) is 29.8 Å². The Morgan fingerprint density at radius 2 is 1.70 bits per heavy atom. The van der Waals surface area contributed by atoms with E-state index >= 15 is 0 Å². The smallest absolute Gasteiger partial charge is 0.253 e. The molecule has 2 rings (SSSR count). The number of amides is 1. The normalized spacial score (nSPS) is 11.2. The average molecular weight is 334 g/mol. The van der Waals surface area contributed by atoms with Crippen LogP contribution in [0.4, 0.5) is 11.4 Å². The summed E-state index contributed by atoms with van der Waals surface area (Å²) in [6, 6.07) is 17.6. The van der Waals surface area contributed by atoms with Crippen molar-refractivity contribution in [3.63, 3.8) is 0 Å². The monoisotopic (exact) mass is 333 g/mol. The number of likely N-dealkylation sites (N-methyl/N-ethyl adjacent to an activating group) is 1. The van der Waals surface area contributed by atoms with Crippen molar-refractivity contribution >= 4 is 29.7 Å². The Bertz CT molecular complexity index is 604. The van der Waals surface area contributed by atoms with Crippen molar-refractivity contribution < 1.29 is 4.79 Å². The van der Waals surface area contributed by atoms with Gasteiger partial charge in [-0.3, -0.25) is 4.79 Å². The number of para-hydroxylation sites is 2. The fraction of sp³-hybridized carbons (Fsp3) is 0.278. The Morgan fingerprint density at radius 1 is 1.04 bits per heavy atom. The molecule has 0 heterocycles. The lowest BCUT2D eigenvalue weighted by Gasteiger charge is -2.15. The number of benzene rings is 2. The van der Waals surface area contributed by atoms with Crippen LogP contribution in [0.2, 0.25) is 0 Å². The maximum absolute atomic E-state index is 12.4. The third-order valence-corrected chi connectivity index (χ3v) is 3.35. The molecule has 0 saturated carbocycles. The van der Waals surface area contributed by atoms with E-state index < -0.39 is 0 Å². The largest absolute Gasteiger partial charge is 0.355 e. The molecule has 5 heteroatoms. The number of hydrogen-bond donors (Lipinski definition) is 3. The quantitative estimate of drug-likeness (QED) is 0.726. The summed E-state index contributed by atoms with van der Waals surface area (Å²) >= 11 is 0. The Kier molecular flexibility index (Phi) is 8.16. The standard InChI is InChI=1S/C18H23N3O.ClH/c1-3-19-14(2)13-20-18(22)16-11-7-8-12-17(16)21-15-9-5-4-6-10-15;/h4-12,14,19,21H,3,13H2,1-2H3,(H,20,22);1H/t14-;/m1./s1. The highest BCUT2D eigenvalue weighted by Crippen LogP contribution is 2.20. The first kappa shape index (κ1) is 19.0. The summed E-state index contributed by atoms with van der Waals surface area (Å²) in [6.45, 7) is 5.60. The van der Waals surface area contributed by atoms with Crippen LogP contribution in [-0.4, -0.2) is 25.0 Å². The van der Waals surface area contributed by atoms with Gasteiger partial charge in [-0.1, -0.05) is 37.3 Å². The Morgan fingerprint density at radius 3 is 2.39 bits per heavy atom. The molecule has 0 aliphatic heterocycles. The molecule has 3 N–H and O–H groups in total. The van der Waals surface area contributed by atoms with Crippen LogP contribution < -0.4 is 16.0 Å². The third-order valence-electron chi connectivity index (χ3n) is 3.35. The van der Waals surface area contributed by atoms with Gasteiger partial charge in [-0.25, -0.2) is 0 Å². The van der Waals surface area contributed by atoms with Crippen LogP contribution in [-0.2, 0) is 0 Å². The van der Waals surface area contributed by atoms with Crippen molar-refractivity contribution in [2.75, 3.05) is 18.4 Å². The number of carbonyl (C=O) groups is 1. The first-order valence-electron chi connectivity index (χ1n) is 7.63. The van der Waals surface area contributed by atoms with E-state index in [4.69, 9.17) is 0 Å². The first-order chi connectivity index (χ1) is 10.7. The number of nitrogens with one attached hydrogen (secondary N) is 3. The molecule has 1 amide bonds. The lowest BCUT2D eigenvalue weighted by molar-refractivity contribution is 0.0951. The highest BCUT2D eigenvalue weighted by atomic mass is 35.5. The van der Waals surface area contributed by atoms with Gasteiger partial charge in [-0.05, 0) is 37.7 Å². The molecular weight excluding hydrogens is 310 g/mol.